The van der Waals surface area contributed by atoms with Crippen LogP contribution in [-0.2, 0) is 12.0 Å². The summed E-state index contributed by atoms with van der Waals surface area (Å²) >= 11 is 0. The molecular formula is C32H42N8O2. The first-order valence-corrected chi connectivity index (χ1v) is 15.0. The first kappa shape index (κ1) is 28.4. The lowest BCUT2D eigenvalue weighted by Crippen LogP contribution is -2.44. The Bertz CT molecular complexity index is 1510. The van der Waals surface area contributed by atoms with Crippen molar-refractivity contribution >= 4 is 28.6 Å². The van der Waals surface area contributed by atoms with E-state index < -0.39 is 18.1 Å². The molecule has 1 fully saturated rings. The second-order valence-electron chi connectivity index (χ2n) is 11.6. The third kappa shape index (κ3) is 5.67. The summed E-state index contributed by atoms with van der Waals surface area (Å²) in [5, 5.41) is 36.4. The van der Waals surface area contributed by atoms with E-state index in [1.165, 1.54) is 10.9 Å². The molecule has 1 saturated heterocycles. The number of aryl methyl sites for hydroxylation is 1. The van der Waals surface area contributed by atoms with E-state index in [4.69, 9.17) is 4.98 Å². The molecule has 222 valence electrons. The topological polar surface area (TPSA) is 122 Å². The monoisotopic (exact) mass is 570 g/mol. The Balaban J connectivity index is 1.21. The number of hydrogen-bond acceptors (Lipinski definition) is 9. The van der Waals surface area contributed by atoms with Crippen molar-refractivity contribution in [1.82, 2.24) is 25.1 Å². The van der Waals surface area contributed by atoms with Gasteiger partial charge in [-0.1, -0.05) is 19.1 Å². The third-order valence-electron chi connectivity index (χ3n) is 8.85. The lowest BCUT2D eigenvalue weighted by atomic mass is 9.98. The van der Waals surface area contributed by atoms with Gasteiger partial charge in [-0.05, 0) is 88.1 Å². The molecule has 3 aliphatic rings. The van der Waals surface area contributed by atoms with E-state index in [0.717, 1.165) is 49.3 Å². The van der Waals surface area contributed by atoms with Crippen molar-refractivity contribution in [3.8, 4) is 0 Å². The molecule has 2 aromatic heterocycles. The fraction of sp³-hybridized carbons (Fsp3) is 0.438. The average molecular weight is 571 g/mol. The molecule has 1 aromatic carbocycles. The van der Waals surface area contributed by atoms with Crippen LogP contribution in [0.15, 0.2) is 71.6 Å². The lowest BCUT2D eigenvalue weighted by molar-refractivity contribution is 0.0307. The molecule has 3 atom stereocenters. The van der Waals surface area contributed by atoms with Crippen molar-refractivity contribution in [1.29, 1.82) is 0 Å². The molecule has 0 saturated carbocycles. The summed E-state index contributed by atoms with van der Waals surface area (Å²) in [4.78, 5) is 11.8. The van der Waals surface area contributed by atoms with Gasteiger partial charge in [-0.3, -0.25) is 5.32 Å². The van der Waals surface area contributed by atoms with Crippen molar-refractivity contribution in [3.63, 3.8) is 0 Å². The van der Waals surface area contributed by atoms with Gasteiger partial charge in [0.2, 0.25) is 0 Å². The SMILES string of the molecule is C=CCNC(O)C1=C(Nc2ccc3c(n2)[C@](O)(CC)CC3)NC(Nc2ccc3c(ccn3C3CCN(C)CC3)c2)N=C1. The van der Waals surface area contributed by atoms with Gasteiger partial charge in [-0.15, -0.1) is 6.58 Å². The largest absolute Gasteiger partial charge is 0.384 e. The van der Waals surface area contributed by atoms with Crippen molar-refractivity contribution in [2.24, 2.45) is 4.99 Å². The highest BCUT2D eigenvalue weighted by molar-refractivity contribution is 5.85. The van der Waals surface area contributed by atoms with Gasteiger partial charge < -0.3 is 35.6 Å². The molecular weight excluding hydrogens is 528 g/mol. The molecule has 6 rings (SSSR count). The molecule has 42 heavy (non-hydrogen) atoms. The molecule has 0 bridgehead atoms. The minimum Gasteiger partial charge on any atom is -0.384 e. The zero-order valence-electron chi connectivity index (χ0n) is 24.5. The Morgan fingerprint density at radius 1 is 1.21 bits per heavy atom. The van der Waals surface area contributed by atoms with Crippen molar-refractivity contribution in [2.45, 2.75) is 63.2 Å². The fourth-order valence-corrected chi connectivity index (χ4v) is 6.27. The summed E-state index contributed by atoms with van der Waals surface area (Å²) < 4.78 is 2.42. The van der Waals surface area contributed by atoms with E-state index in [0.29, 0.717) is 42.6 Å². The van der Waals surface area contributed by atoms with Crippen LogP contribution in [0, 0.1) is 0 Å². The average Bonchev–Trinajstić information content (AvgIpc) is 3.57. The second kappa shape index (κ2) is 11.9. The van der Waals surface area contributed by atoms with Crippen LogP contribution in [0.25, 0.3) is 10.9 Å². The number of fused-ring (bicyclic) bond motifs is 2. The summed E-state index contributed by atoms with van der Waals surface area (Å²) in [6.45, 7) is 8.40. The highest BCUT2D eigenvalue weighted by Gasteiger charge is 2.37. The number of aliphatic imine (C=N–C) groups is 1. The molecule has 10 nitrogen and oxygen atoms in total. The summed E-state index contributed by atoms with van der Waals surface area (Å²) in [5.41, 5.74) is 3.62. The summed E-state index contributed by atoms with van der Waals surface area (Å²) in [6, 6.07) is 13.1. The van der Waals surface area contributed by atoms with E-state index in [1.54, 1.807) is 12.3 Å². The molecule has 4 heterocycles. The molecule has 10 heteroatoms. The van der Waals surface area contributed by atoms with Crippen LogP contribution in [0.1, 0.15) is 49.9 Å². The second-order valence-corrected chi connectivity index (χ2v) is 11.6. The Hall–Kier alpha value is -3.70. The van der Waals surface area contributed by atoms with E-state index in [-0.39, 0.29) is 0 Å². The minimum absolute atomic E-state index is 0.436. The molecule has 6 N–H and O–H groups in total. The molecule has 0 radical (unpaired) electrons. The van der Waals surface area contributed by atoms with Gasteiger partial charge in [-0.25, -0.2) is 9.98 Å². The van der Waals surface area contributed by atoms with E-state index in [9.17, 15) is 10.2 Å². The summed E-state index contributed by atoms with van der Waals surface area (Å²) in [5.74, 6) is 1.16. The maximum Gasteiger partial charge on any atom is 0.195 e. The van der Waals surface area contributed by atoms with Crippen LogP contribution >= 0.6 is 0 Å². The summed E-state index contributed by atoms with van der Waals surface area (Å²) in [6.07, 6.45) is 8.55. The predicted molar refractivity (Wildman–Crippen MR) is 168 cm³/mol. The summed E-state index contributed by atoms with van der Waals surface area (Å²) in [7, 11) is 2.19. The number of nitrogens with zero attached hydrogens (tertiary/aromatic N) is 4. The number of likely N-dealkylation sites (tertiary alicyclic amines) is 1. The first-order chi connectivity index (χ1) is 20.4. The number of pyridine rings is 1. The first-order valence-electron chi connectivity index (χ1n) is 15.0. The highest BCUT2D eigenvalue weighted by Crippen LogP contribution is 2.38. The standard InChI is InChI=1S/C32H42N8O2/c1-4-15-33-30(41)25-20-34-31(38-29(25)37-27-9-6-21-10-14-32(42,5-2)28(21)36-27)35-23-7-8-26-22(19-23)11-18-40(26)24-12-16-39(3)17-13-24/h4,6-9,11,18-20,24,30-31,33,35,38,41-42H,1,5,10,12-17H2,2-3H3,(H,36,37)/t30?,31?,32-/m0/s1. The van der Waals surface area contributed by atoms with Crippen LogP contribution in [0.2, 0.25) is 0 Å². The maximum atomic E-state index is 11.1. The van der Waals surface area contributed by atoms with E-state index in [2.05, 4.69) is 79.8 Å². The highest BCUT2D eigenvalue weighted by atomic mass is 16.3. The number of anilines is 2. The molecule has 2 aliphatic heterocycles. The number of benzene rings is 1. The molecule has 0 amide bonds. The lowest BCUT2D eigenvalue weighted by Gasteiger charge is -2.30. The van der Waals surface area contributed by atoms with Gasteiger partial charge in [0.05, 0.1) is 11.3 Å². The van der Waals surface area contributed by atoms with E-state index in [1.807, 2.05) is 19.1 Å². The number of aliphatic hydroxyl groups excluding tert-OH is 1. The van der Waals surface area contributed by atoms with Crippen LogP contribution in [0.3, 0.4) is 0 Å². The van der Waals surface area contributed by atoms with Crippen molar-refractivity contribution in [3.05, 3.63) is 77.9 Å². The van der Waals surface area contributed by atoms with Crippen molar-refractivity contribution < 1.29 is 10.2 Å². The van der Waals surface area contributed by atoms with Crippen LogP contribution in [0.5, 0.6) is 0 Å². The van der Waals surface area contributed by atoms with Crippen LogP contribution < -0.4 is 21.3 Å². The van der Waals surface area contributed by atoms with Crippen LogP contribution in [0.4, 0.5) is 11.5 Å². The van der Waals surface area contributed by atoms with E-state index >= 15 is 0 Å². The third-order valence-corrected chi connectivity index (χ3v) is 8.85. The molecule has 2 unspecified atom stereocenters. The molecule has 1 aliphatic carbocycles. The van der Waals surface area contributed by atoms with Gasteiger partial charge in [0.15, 0.2) is 6.29 Å². The molecule has 3 aromatic rings. The normalized spacial score (nSPS) is 23.6. The Labute approximate surface area is 247 Å². The smallest absolute Gasteiger partial charge is 0.195 e. The number of aliphatic hydroxyl groups is 2. The van der Waals surface area contributed by atoms with Gasteiger partial charge in [0.1, 0.15) is 23.5 Å². The fourth-order valence-electron chi connectivity index (χ4n) is 6.27. The Kier molecular flexibility index (Phi) is 8.04. The Morgan fingerprint density at radius 3 is 2.83 bits per heavy atom. The van der Waals surface area contributed by atoms with Gasteiger partial charge in [0, 0.05) is 41.6 Å². The molecule has 0 spiro atoms. The van der Waals surface area contributed by atoms with Gasteiger partial charge in [0.25, 0.3) is 0 Å². The quantitative estimate of drug-likeness (QED) is 0.161. The number of rotatable bonds is 10. The predicted octanol–water partition coefficient (Wildman–Crippen LogP) is 3.63. The maximum absolute atomic E-state index is 11.1. The van der Waals surface area contributed by atoms with Gasteiger partial charge in [-0.2, -0.15) is 0 Å². The number of nitrogens with one attached hydrogen (secondary N) is 4. The van der Waals surface area contributed by atoms with Gasteiger partial charge >= 0.3 is 0 Å². The Morgan fingerprint density at radius 2 is 2.05 bits per heavy atom. The zero-order chi connectivity index (χ0) is 29.3. The van der Waals surface area contributed by atoms with Crippen molar-refractivity contribution in [2.75, 3.05) is 37.3 Å². The van der Waals surface area contributed by atoms with Crippen LogP contribution in [-0.4, -0.2) is 70.1 Å². The minimum atomic E-state index is -0.972. The number of piperidine rings is 1. The number of hydrogen-bond donors (Lipinski definition) is 6. The zero-order valence-corrected chi connectivity index (χ0v) is 24.5. The number of aromatic nitrogens is 2.